The lowest BCUT2D eigenvalue weighted by Gasteiger charge is -2.30. The molecule has 2 fully saturated rings. The molecule has 1 heterocycles. The molecule has 0 spiro atoms. The number of amides is 1. The van der Waals surface area contributed by atoms with Crippen molar-refractivity contribution in [1.29, 1.82) is 0 Å². The minimum absolute atomic E-state index is 0.103. The molecule has 3 rings (SSSR count). The van der Waals surface area contributed by atoms with Crippen molar-refractivity contribution in [2.24, 2.45) is 5.92 Å². The molecule has 1 amide bonds. The zero-order chi connectivity index (χ0) is 17.3. The fraction of sp³-hybridized carbons (Fsp3) is 0.588. The molecule has 4 nitrogen and oxygen atoms in total. The first-order valence-corrected chi connectivity index (χ1v) is 8.11. The number of carbonyl (C=O) groups is 1. The van der Waals surface area contributed by atoms with Gasteiger partial charge in [0.1, 0.15) is 23.8 Å². The van der Waals surface area contributed by atoms with E-state index in [0.29, 0.717) is 0 Å². The molecule has 1 saturated heterocycles. The highest BCUT2D eigenvalue weighted by atomic mass is 19.3. The number of aliphatic hydroxyl groups excluding tert-OH is 1. The third kappa shape index (κ3) is 3.83. The van der Waals surface area contributed by atoms with E-state index in [4.69, 9.17) is 4.74 Å². The van der Waals surface area contributed by atoms with Crippen LogP contribution in [-0.2, 0) is 4.79 Å². The van der Waals surface area contributed by atoms with Crippen LogP contribution in [0, 0.1) is 11.7 Å². The van der Waals surface area contributed by atoms with Gasteiger partial charge in [0.25, 0.3) is 0 Å². The van der Waals surface area contributed by atoms with Gasteiger partial charge in [-0.1, -0.05) is 6.07 Å². The third-order valence-electron chi connectivity index (χ3n) is 4.70. The largest absolute Gasteiger partial charge is 0.486 e. The van der Waals surface area contributed by atoms with Crippen LogP contribution in [0.1, 0.15) is 25.7 Å². The average Bonchev–Trinajstić information content (AvgIpc) is 2.88. The summed E-state index contributed by atoms with van der Waals surface area (Å²) in [5, 5.41) is 10.1. The summed E-state index contributed by atoms with van der Waals surface area (Å²) < 4.78 is 45.1. The molecule has 1 aromatic rings. The highest BCUT2D eigenvalue weighted by Gasteiger charge is 2.42. The number of aliphatic hydroxyl groups is 1. The number of halogens is 3. The number of hydrogen-bond donors (Lipinski definition) is 1. The predicted octanol–water partition coefficient (Wildman–Crippen LogP) is 2.60. The molecule has 0 bridgehead atoms. The van der Waals surface area contributed by atoms with Crippen molar-refractivity contribution in [2.45, 2.75) is 43.8 Å². The molecule has 24 heavy (non-hydrogen) atoms. The van der Waals surface area contributed by atoms with Crippen LogP contribution in [0.2, 0.25) is 0 Å². The van der Waals surface area contributed by atoms with E-state index in [2.05, 4.69) is 0 Å². The summed E-state index contributed by atoms with van der Waals surface area (Å²) in [6.45, 7) is 0.273. The van der Waals surface area contributed by atoms with Gasteiger partial charge in [0.05, 0.1) is 13.1 Å². The maximum atomic E-state index is 13.2. The quantitative estimate of drug-likeness (QED) is 0.918. The number of likely N-dealkylation sites (tertiary alicyclic amines) is 1. The zero-order valence-electron chi connectivity index (χ0n) is 13.1. The summed E-state index contributed by atoms with van der Waals surface area (Å²) in [7, 11) is 0. The molecular weight excluding hydrogens is 323 g/mol. The Hall–Kier alpha value is -1.76. The normalized spacial score (nSPS) is 27.2. The predicted molar refractivity (Wildman–Crippen MR) is 80.3 cm³/mol. The molecule has 1 aromatic carbocycles. The van der Waals surface area contributed by atoms with E-state index in [1.54, 1.807) is 6.07 Å². The number of alkyl halides is 2. The first-order chi connectivity index (χ1) is 11.3. The molecule has 7 heteroatoms. The highest BCUT2D eigenvalue weighted by molar-refractivity contribution is 5.79. The molecule has 0 unspecified atom stereocenters. The molecule has 2 aliphatic rings. The maximum absolute atomic E-state index is 13.2. The van der Waals surface area contributed by atoms with Gasteiger partial charge in [0, 0.05) is 24.8 Å². The summed E-state index contributed by atoms with van der Waals surface area (Å²) in [6.07, 6.45) is -1.77. The van der Waals surface area contributed by atoms with E-state index in [9.17, 15) is 23.1 Å². The van der Waals surface area contributed by atoms with E-state index in [1.807, 2.05) is 0 Å². The number of β-amino-alcohol motifs (C(OH)–C–C–N with tert-alkyl or cyclic N) is 1. The topological polar surface area (TPSA) is 49.8 Å². The van der Waals surface area contributed by atoms with Crippen LogP contribution < -0.4 is 4.74 Å². The SMILES string of the molecule is O=C(C1CCC(F)(F)CC1)N1C[C@@H](O)[C@H](Oc2cccc(F)c2)C1. The van der Waals surface area contributed by atoms with Gasteiger partial charge in [-0.2, -0.15) is 0 Å². The zero-order valence-corrected chi connectivity index (χ0v) is 13.1. The van der Waals surface area contributed by atoms with Crippen molar-refractivity contribution < 1.29 is 27.8 Å². The third-order valence-corrected chi connectivity index (χ3v) is 4.70. The molecule has 1 N–H and O–H groups in total. The molecule has 2 atom stereocenters. The number of rotatable bonds is 3. The minimum atomic E-state index is -2.68. The lowest BCUT2D eigenvalue weighted by Crippen LogP contribution is -2.39. The van der Waals surface area contributed by atoms with Gasteiger partial charge >= 0.3 is 0 Å². The summed E-state index contributed by atoms with van der Waals surface area (Å²) in [6, 6.07) is 5.56. The van der Waals surface area contributed by atoms with Crippen LogP contribution in [0.4, 0.5) is 13.2 Å². The van der Waals surface area contributed by atoms with E-state index in [1.165, 1.54) is 23.1 Å². The molecule has 1 aliphatic heterocycles. The second kappa shape index (κ2) is 6.63. The van der Waals surface area contributed by atoms with Gasteiger partial charge < -0.3 is 14.7 Å². The molecule has 1 aliphatic carbocycles. The Morgan fingerprint density at radius 1 is 1.25 bits per heavy atom. The van der Waals surface area contributed by atoms with Gasteiger partial charge in [-0.3, -0.25) is 4.79 Å². The summed E-state index contributed by atoms with van der Waals surface area (Å²) in [4.78, 5) is 13.9. The van der Waals surface area contributed by atoms with Gasteiger partial charge in [-0.25, -0.2) is 13.2 Å². The van der Waals surface area contributed by atoms with Crippen molar-refractivity contribution in [3.05, 3.63) is 30.1 Å². The van der Waals surface area contributed by atoms with Crippen LogP contribution in [-0.4, -0.2) is 47.1 Å². The minimum Gasteiger partial charge on any atom is -0.486 e. The standard InChI is InChI=1S/C17H20F3NO3/c18-12-2-1-3-13(8-12)24-15-10-21(9-14(15)22)16(23)11-4-6-17(19,20)7-5-11/h1-3,8,11,14-15,22H,4-7,9-10H2/t14-,15-/m1/s1. The first kappa shape index (κ1) is 17.1. The Labute approximate surface area is 138 Å². The first-order valence-electron chi connectivity index (χ1n) is 8.11. The van der Waals surface area contributed by atoms with Gasteiger partial charge in [-0.15, -0.1) is 0 Å². The van der Waals surface area contributed by atoms with E-state index in [-0.39, 0.29) is 50.4 Å². The van der Waals surface area contributed by atoms with Crippen molar-refractivity contribution in [2.75, 3.05) is 13.1 Å². The Morgan fingerprint density at radius 2 is 1.96 bits per heavy atom. The number of benzene rings is 1. The maximum Gasteiger partial charge on any atom is 0.248 e. The van der Waals surface area contributed by atoms with E-state index >= 15 is 0 Å². The van der Waals surface area contributed by atoms with Gasteiger partial charge in [0.15, 0.2) is 0 Å². The Balaban J connectivity index is 1.58. The summed E-state index contributed by atoms with van der Waals surface area (Å²) in [5.74, 6) is -3.48. The molecule has 132 valence electrons. The van der Waals surface area contributed by atoms with E-state index < -0.39 is 29.9 Å². The second-order valence-corrected chi connectivity index (χ2v) is 6.55. The number of nitrogens with zero attached hydrogens (tertiary/aromatic N) is 1. The van der Waals surface area contributed by atoms with E-state index in [0.717, 1.165) is 0 Å². The van der Waals surface area contributed by atoms with Crippen LogP contribution in [0.15, 0.2) is 24.3 Å². The van der Waals surface area contributed by atoms with Crippen LogP contribution in [0.3, 0.4) is 0 Å². The smallest absolute Gasteiger partial charge is 0.248 e. The molecule has 0 aromatic heterocycles. The van der Waals surface area contributed by atoms with Crippen LogP contribution >= 0.6 is 0 Å². The number of ether oxygens (including phenoxy) is 1. The van der Waals surface area contributed by atoms with Crippen molar-refractivity contribution >= 4 is 5.91 Å². The van der Waals surface area contributed by atoms with Crippen molar-refractivity contribution in [1.82, 2.24) is 4.90 Å². The Morgan fingerprint density at radius 3 is 2.62 bits per heavy atom. The molecular formula is C17H20F3NO3. The Kier molecular flexibility index (Phi) is 4.71. The van der Waals surface area contributed by atoms with Gasteiger partial charge in [-0.05, 0) is 25.0 Å². The fourth-order valence-corrected chi connectivity index (χ4v) is 3.31. The summed E-state index contributed by atoms with van der Waals surface area (Å²) >= 11 is 0. The van der Waals surface area contributed by atoms with Crippen molar-refractivity contribution in [3.63, 3.8) is 0 Å². The monoisotopic (exact) mass is 343 g/mol. The van der Waals surface area contributed by atoms with Gasteiger partial charge in [0.2, 0.25) is 11.8 Å². The number of hydrogen-bond acceptors (Lipinski definition) is 3. The summed E-state index contributed by atoms with van der Waals surface area (Å²) in [5.41, 5.74) is 0. The highest BCUT2D eigenvalue weighted by Crippen LogP contribution is 2.37. The van der Waals surface area contributed by atoms with Crippen LogP contribution in [0.5, 0.6) is 5.75 Å². The Bertz CT molecular complexity index is 600. The van der Waals surface area contributed by atoms with Crippen LogP contribution in [0.25, 0.3) is 0 Å². The lowest BCUT2D eigenvalue weighted by molar-refractivity contribution is -0.139. The molecule has 1 saturated carbocycles. The second-order valence-electron chi connectivity index (χ2n) is 6.55. The molecule has 0 radical (unpaired) electrons. The fourth-order valence-electron chi connectivity index (χ4n) is 3.31. The number of carbonyl (C=O) groups excluding carboxylic acids is 1. The average molecular weight is 343 g/mol. The van der Waals surface area contributed by atoms with Crippen molar-refractivity contribution in [3.8, 4) is 5.75 Å². The lowest BCUT2D eigenvalue weighted by atomic mass is 9.86.